The molecule has 2 atom stereocenters. The minimum absolute atomic E-state index is 0.0177. The van der Waals surface area contributed by atoms with Crippen molar-refractivity contribution >= 4 is 23.2 Å². The maximum absolute atomic E-state index is 13.0. The molecule has 4 rings (SSSR count). The normalized spacial score (nSPS) is 26.5. The van der Waals surface area contributed by atoms with Crippen molar-refractivity contribution in [2.24, 2.45) is 0 Å². The number of fused-ring (bicyclic) bond motifs is 2. The standard InChI is InChI=1S/C16H11ClFNO/c17-10-3-6-14-12(7-10)16(15(20)19-14)8-13(16)9-1-4-11(18)5-2-9/h1-7,13H,8H2,(H,19,20)/t13-,16-/m1/s1. The summed E-state index contributed by atoms with van der Waals surface area (Å²) in [4.78, 5) is 12.3. The number of hydrogen-bond donors (Lipinski definition) is 1. The van der Waals surface area contributed by atoms with E-state index in [-0.39, 0.29) is 17.6 Å². The van der Waals surface area contributed by atoms with Gasteiger partial charge in [0.2, 0.25) is 5.91 Å². The number of hydrogen-bond acceptors (Lipinski definition) is 1. The molecule has 1 heterocycles. The fraction of sp³-hybridized carbons (Fsp3) is 0.188. The zero-order chi connectivity index (χ0) is 13.9. The second-order valence-electron chi connectivity index (χ2n) is 5.42. The molecule has 2 aliphatic rings. The van der Waals surface area contributed by atoms with Crippen molar-refractivity contribution in [3.05, 3.63) is 64.4 Å². The first-order valence-corrected chi connectivity index (χ1v) is 6.86. The fourth-order valence-electron chi connectivity index (χ4n) is 3.26. The molecule has 0 radical (unpaired) electrons. The van der Waals surface area contributed by atoms with E-state index in [4.69, 9.17) is 11.6 Å². The van der Waals surface area contributed by atoms with Crippen LogP contribution in [-0.2, 0) is 10.2 Å². The molecule has 20 heavy (non-hydrogen) atoms. The molecular formula is C16H11ClFNO. The Morgan fingerprint density at radius 1 is 1.20 bits per heavy atom. The van der Waals surface area contributed by atoms with Crippen LogP contribution in [-0.4, -0.2) is 5.91 Å². The van der Waals surface area contributed by atoms with E-state index in [1.807, 2.05) is 12.1 Å². The Balaban J connectivity index is 1.79. The third kappa shape index (κ3) is 1.47. The molecule has 1 fully saturated rings. The molecular weight excluding hydrogens is 277 g/mol. The van der Waals surface area contributed by atoms with E-state index in [9.17, 15) is 9.18 Å². The highest BCUT2D eigenvalue weighted by atomic mass is 35.5. The summed E-state index contributed by atoms with van der Waals surface area (Å²) in [6.45, 7) is 0. The molecule has 0 saturated heterocycles. The molecule has 2 nitrogen and oxygen atoms in total. The number of carbonyl (C=O) groups is 1. The Bertz CT molecular complexity index is 728. The van der Waals surface area contributed by atoms with Crippen molar-refractivity contribution in [3.8, 4) is 0 Å². The highest BCUT2D eigenvalue weighted by Crippen LogP contribution is 2.65. The lowest BCUT2D eigenvalue weighted by molar-refractivity contribution is -0.118. The first-order chi connectivity index (χ1) is 9.61. The van der Waals surface area contributed by atoms with Crippen molar-refractivity contribution in [1.29, 1.82) is 0 Å². The van der Waals surface area contributed by atoms with Crippen LogP contribution in [0.15, 0.2) is 42.5 Å². The van der Waals surface area contributed by atoms with Crippen LogP contribution in [0.1, 0.15) is 23.5 Å². The van der Waals surface area contributed by atoms with Crippen molar-refractivity contribution < 1.29 is 9.18 Å². The molecule has 1 saturated carbocycles. The number of anilines is 1. The van der Waals surface area contributed by atoms with Crippen LogP contribution in [0.3, 0.4) is 0 Å². The van der Waals surface area contributed by atoms with Gasteiger partial charge in [-0.1, -0.05) is 23.7 Å². The van der Waals surface area contributed by atoms with Crippen LogP contribution in [0.2, 0.25) is 5.02 Å². The second kappa shape index (κ2) is 3.83. The monoisotopic (exact) mass is 287 g/mol. The Hall–Kier alpha value is -1.87. The summed E-state index contributed by atoms with van der Waals surface area (Å²) in [6.07, 6.45) is 0.748. The van der Waals surface area contributed by atoms with Crippen molar-refractivity contribution in [2.45, 2.75) is 17.8 Å². The van der Waals surface area contributed by atoms with Crippen LogP contribution >= 0.6 is 11.6 Å². The molecule has 4 heteroatoms. The quantitative estimate of drug-likeness (QED) is 0.848. The number of amides is 1. The predicted octanol–water partition coefficient (Wildman–Crippen LogP) is 3.86. The van der Waals surface area contributed by atoms with Crippen molar-refractivity contribution in [2.75, 3.05) is 5.32 Å². The van der Waals surface area contributed by atoms with Gasteiger partial charge in [-0.25, -0.2) is 4.39 Å². The van der Waals surface area contributed by atoms with E-state index >= 15 is 0 Å². The average Bonchev–Trinajstić information content (AvgIpc) is 3.12. The summed E-state index contributed by atoms with van der Waals surface area (Å²) < 4.78 is 13.0. The summed E-state index contributed by atoms with van der Waals surface area (Å²) in [6, 6.07) is 11.9. The molecule has 0 bridgehead atoms. The zero-order valence-corrected chi connectivity index (χ0v) is 11.2. The second-order valence-corrected chi connectivity index (χ2v) is 5.86. The van der Waals surface area contributed by atoms with E-state index < -0.39 is 5.41 Å². The van der Waals surface area contributed by atoms with Gasteiger partial charge in [-0.3, -0.25) is 4.79 Å². The minimum Gasteiger partial charge on any atom is -0.325 e. The number of halogens is 2. The Kier molecular flexibility index (Phi) is 2.28. The number of carbonyl (C=O) groups excluding carboxylic acids is 1. The van der Waals surface area contributed by atoms with Gasteiger partial charge in [-0.15, -0.1) is 0 Å². The predicted molar refractivity (Wildman–Crippen MR) is 75.5 cm³/mol. The smallest absolute Gasteiger partial charge is 0.235 e. The SMILES string of the molecule is O=C1Nc2ccc(Cl)cc2[C@@]12C[C@@H]2c1ccc(F)cc1. The third-order valence-corrected chi connectivity index (χ3v) is 4.58. The lowest BCUT2D eigenvalue weighted by Gasteiger charge is -2.09. The number of benzene rings is 2. The van der Waals surface area contributed by atoms with Crippen LogP contribution in [0.5, 0.6) is 0 Å². The van der Waals surface area contributed by atoms with Gasteiger partial charge in [0.15, 0.2) is 0 Å². The third-order valence-electron chi connectivity index (χ3n) is 4.35. The lowest BCUT2D eigenvalue weighted by Crippen LogP contribution is -2.20. The van der Waals surface area contributed by atoms with E-state index in [0.717, 1.165) is 23.2 Å². The van der Waals surface area contributed by atoms with Gasteiger partial charge in [0, 0.05) is 16.6 Å². The Labute approximate surface area is 120 Å². The van der Waals surface area contributed by atoms with E-state index in [1.165, 1.54) is 12.1 Å². The summed E-state index contributed by atoms with van der Waals surface area (Å²) in [5.74, 6) is -0.144. The molecule has 1 aliphatic heterocycles. The van der Waals surface area contributed by atoms with Gasteiger partial charge in [0.05, 0.1) is 5.41 Å². The zero-order valence-electron chi connectivity index (χ0n) is 10.5. The summed E-state index contributed by atoms with van der Waals surface area (Å²) in [5.41, 5.74) is 2.28. The van der Waals surface area contributed by atoms with Crippen LogP contribution < -0.4 is 5.32 Å². The first kappa shape index (κ1) is 11.9. The first-order valence-electron chi connectivity index (χ1n) is 6.48. The topological polar surface area (TPSA) is 29.1 Å². The molecule has 0 aromatic heterocycles. The molecule has 0 unspecified atom stereocenters. The van der Waals surface area contributed by atoms with Gasteiger partial charge < -0.3 is 5.32 Å². The summed E-state index contributed by atoms with van der Waals surface area (Å²) >= 11 is 6.05. The van der Waals surface area contributed by atoms with Crippen molar-refractivity contribution in [1.82, 2.24) is 0 Å². The van der Waals surface area contributed by atoms with Gasteiger partial charge in [-0.05, 0) is 47.9 Å². The molecule has 100 valence electrons. The van der Waals surface area contributed by atoms with Gasteiger partial charge >= 0.3 is 0 Å². The van der Waals surface area contributed by atoms with E-state index in [0.29, 0.717) is 5.02 Å². The van der Waals surface area contributed by atoms with E-state index in [2.05, 4.69) is 5.32 Å². The number of rotatable bonds is 1. The fourth-order valence-corrected chi connectivity index (χ4v) is 3.43. The van der Waals surface area contributed by atoms with Gasteiger partial charge in [-0.2, -0.15) is 0 Å². The summed E-state index contributed by atoms with van der Waals surface area (Å²) in [5, 5.41) is 3.55. The minimum atomic E-state index is -0.516. The van der Waals surface area contributed by atoms with Crippen LogP contribution in [0.25, 0.3) is 0 Å². The molecule has 1 N–H and O–H groups in total. The van der Waals surface area contributed by atoms with Crippen LogP contribution in [0, 0.1) is 5.82 Å². The molecule has 1 amide bonds. The Morgan fingerprint density at radius 2 is 1.95 bits per heavy atom. The maximum Gasteiger partial charge on any atom is 0.235 e. The largest absolute Gasteiger partial charge is 0.325 e. The maximum atomic E-state index is 13.0. The molecule has 1 spiro atoms. The molecule has 1 aliphatic carbocycles. The molecule has 2 aromatic carbocycles. The van der Waals surface area contributed by atoms with Gasteiger partial charge in [0.1, 0.15) is 5.82 Å². The van der Waals surface area contributed by atoms with Gasteiger partial charge in [0.25, 0.3) is 0 Å². The molecule has 2 aromatic rings. The van der Waals surface area contributed by atoms with Crippen molar-refractivity contribution in [3.63, 3.8) is 0 Å². The average molecular weight is 288 g/mol. The number of nitrogens with one attached hydrogen (secondary N) is 1. The van der Waals surface area contributed by atoms with Crippen LogP contribution in [0.4, 0.5) is 10.1 Å². The van der Waals surface area contributed by atoms with E-state index in [1.54, 1.807) is 18.2 Å². The lowest BCUT2D eigenvalue weighted by atomic mass is 9.92. The Morgan fingerprint density at radius 3 is 2.70 bits per heavy atom. The highest BCUT2D eigenvalue weighted by molar-refractivity contribution is 6.31. The highest BCUT2D eigenvalue weighted by Gasteiger charge is 2.65. The summed E-state index contributed by atoms with van der Waals surface area (Å²) in [7, 11) is 0.